The van der Waals surface area contributed by atoms with Gasteiger partial charge in [0.15, 0.2) is 0 Å². The number of alkyl halides is 7. The highest BCUT2D eigenvalue weighted by atomic mass is 35.5. The number of Topliss-reactive ketones (excluding diaryl/α,β-unsaturated/α-hetero) is 1. The van der Waals surface area contributed by atoms with E-state index in [1.54, 1.807) is 5.32 Å². The number of carbonyl (C=O) groups is 5. The number of benzene rings is 2. The van der Waals surface area contributed by atoms with Gasteiger partial charge < -0.3 is 30.7 Å². The van der Waals surface area contributed by atoms with Crippen LogP contribution in [0.5, 0.6) is 5.75 Å². The number of ether oxygens (including phenoxy) is 2. The van der Waals surface area contributed by atoms with E-state index in [1.165, 1.54) is 51.3 Å². The zero-order chi connectivity index (χ0) is 38.2. The highest BCUT2D eigenvalue weighted by molar-refractivity contribution is 6.34. The van der Waals surface area contributed by atoms with Crippen LogP contribution >= 0.6 is 23.2 Å². The highest BCUT2D eigenvalue weighted by Crippen LogP contribution is 2.35. The van der Waals surface area contributed by atoms with Crippen LogP contribution in [0.4, 0.5) is 30.7 Å². The molecule has 3 atom stereocenters. The molecule has 0 saturated heterocycles. The molecule has 276 valence electrons. The van der Waals surface area contributed by atoms with Crippen LogP contribution in [0.2, 0.25) is 10.0 Å². The van der Waals surface area contributed by atoms with Crippen molar-refractivity contribution in [2.75, 3.05) is 27.4 Å². The minimum absolute atomic E-state index is 0.0835. The van der Waals surface area contributed by atoms with Gasteiger partial charge in [-0.3, -0.25) is 24.0 Å². The Hall–Kier alpha value is -4.16. The second-order valence-corrected chi connectivity index (χ2v) is 11.7. The van der Waals surface area contributed by atoms with E-state index in [0.717, 1.165) is 24.6 Å². The maximum atomic E-state index is 15.2. The first kappa shape index (κ1) is 42.0. The number of halogens is 9. The first-order chi connectivity index (χ1) is 23.1. The van der Waals surface area contributed by atoms with Crippen molar-refractivity contribution in [1.29, 1.82) is 0 Å². The monoisotopic (exact) mass is 762 g/mol. The van der Waals surface area contributed by atoms with Crippen molar-refractivity contribution in [2.24, 2.45) is 5.92 Å². The van der Waals surface area contributed by atoms with Gasteiger partial charge in [-0.15, -0.1) is 0 Å². The van der Waals surface area contributed by atoms with Gasteiger partial charge in [0.25, 0.3) is 11.8 Å². The van der Waals surface area contributed by atoms with Crippen molar-refractivity contribution < 1.29 is 64.2 Å². The zero-order valence-corrected chi connectivity index (χ0v) is 28.0. The summed E-state index contributed by atoms with van der Waals surface area (Å²) in [4.78, 5) is 64.3. The third-order valence-electron chi connectivity index (χ3n) is 6.80. The number of hydrogen-bond donors (Lipinski definition) is 4. The molecular formula is C30H31Cl2F7N4O7. The van der Waals surface area contributed by atoms with Crippen LogP contribution in [0, 0.1) is 5.92 Å². The van der Waals surface area contributed by atoms with E-state index >= 15 is 8.78 Å². The van der Waals surface area contributed by atoms with E-state index in [-0.39, 0.29) is 16.3 Å². The van der Waals surface area contributed by atoms with Crippen LogP contribution in [-0.2, 0) is 34.6 Å². The van der Waals surface area contributed by atoms with Crippen LogP contribution in [-0.4, -0.2) is 81.0 Å². The third-order valence-corrected chi connectivity index (χ3v) is 7.36. The van der Waals surface area contributed by atoms with Gasteiger partial charge in [0.2, 0.25) is 17.6 Å². The lowest BCUT2D eigenvalue weighted by atomic mass is 9.94. The number of hydrogen-bond acceptors (Lipinski definition) is 7. The van der Waals surface area contributed by atoms with Gasteiger partial charge in [0, 0.05) is 12.1 Å². The Balaban J connectivity index is 2.43. The van der Waals surface area contributed by atoms with Crippen molar-refractivity contribution in [1.82, 2.24) is 21.3 Å². The first-order valence-corrected chi connectivity index (χ1v) is 15.0. The van der Waals surface area contributed by atoms with Crippen LogP contribution in [0.25, 0.3) is 0 Å². The summed E-state index contributed by atoms with van der Waals surface area (Å²) in [6.45, 7) is -0.565. The molecule has 0 radical (unpaired) electrons. The highest BCUT2D eigenvalue weighted by Gasteiger charge is 2.52. The molecule has 0 saturated carbocycles. The molecule has 50 heavy (non-hydrogen) atoms. The second-order valence-electron chi connectivity index (χ2n) is 10.9. The average molecular weight is 763 g/mol. The molecule has 2 aromatic rings. The summed E-state index contributed by atoms with van der Waals surface area (Å²) in [5.41, 5.74) is -1.08. The van der Waals surface area contributed by atoms with Gasteiger partial charge >= 0.3 is 18.0 Å². The SMILES string of the molecule is COC[C@H](NC(=O)C(F)(F)c1cc(Cl)ccc1Cl)C(=O)NC(C(=O)N[C@H](C(=O)C(F)(F)C(=O)NCC(F)(F)F)C(C)C)c1ccc(OC)cc1. The van der Waals surface area contributed by atoms with Crippen molar-refractivity contribution in [3.05, 3.63) is 63.6 Å². The molecule has 0 aliphatic heterocycles. The quantitative estimate of drug-likeness (QED) is 0.149. The molecule has 0 heterocycles. The fourth-order valence-electron chi connectivity index (χ4n) is 4.17. The molecular weight excluding hydrogens is 732 g/mol. The van der Waals surface area contributed by atoms with Crippen molar-refractivity contribution in [3.8, 4) is 5.75 Å². The summed E-state index contributed by atoms with van der Waals surface area (Å²) in [6.07, 6.45) is -5.08. The van der Waals surface area contributed by atoms with Gasteiger partial charge in [-0.25, -0.2) is 0 Å². The molecule has 0 fully saturated rings. The topological polar surface area (TPSA) is 152 Å². The summed E-state index contributed by atoms with van der Waals surface area (Å²) in [6, 6.07) is 2.00. The van der Waals surface area contributed by atoms with E-state index in [0.29, 0.717) is 0 Å². The van der Waals surface area contributed by atoms with E-state index in [1.807, 2.05) is 5.32 Å². The van der Waals surface area contributed by atoms with Crippen molar-refractivity contribution in [3.63, 3.8) is 0 Å². The summed E-state index contributed by atoms with van der Waals surface area (Å²) in [5.74, 6) is -19.9. The van der Waals surface area contributed by atoms with E-state index in [2.05, 4.69) is 5.32 Å². The summed E-state index contributed by atoms with van der Waals surface area (Å²) >= 11 is 11.6. The zero-order valence-electron chi connectivity index (χ0n) is 26.5. The first-order valence-electron chi connectivity index (χ1n) is 14.2. The molecule has 0 spiro atoms. The standard InChI is InChI=1S/C30H31Cl2F7N4O7/c1-14(2)21(23(44)30(38,39)26(47)40-13-28(33,34)35)42-25(46)22(15-5-8-17(50-4)9-6-15)43-24(45)20(12-49-3)41-27(48)29(36,37)18-11-16(31)7-10-19(18)32/h5-11,14,20-22H,12-13H2,1-4H3,(H,40,47)(H,41,48)(H,42,46)(H,43,45)/t20-,21-,22?/m0/s1. The van der Waals surface area contributed by atoms with Crippen LogP contribution in [0.3, 0.4) is 0 Å². The molecule has 1 unspecified atom stereocenters. The Morgan fingerprint density at radius 3 is 1.92 bits per heavy atom. The molecule has 4 N–H and O–H groups in total. The number of methoxy groups -OCH3 is 2. The number of ketones is 1. The molecule has 11 nitrogen and oxygen atoms in total. The van der Waals surface area contributed by atoms with Gasteiger partial charge in [0.1, 0.15) is 24.4 Å². The Morgan fingerprint density at radius 2 is 1.40 bits per heavy atom. The summed E-state index contributed by atoms with van der Waals surface area (Å²) in [5, 5.41) is 6.13. The number of rotatable bonds is 16. The molecule has 0 aliphatic rings. The minimum Gasteiger partial charge on any atom is -0.497 e. The lowest BCUT2D eigenvalue weighted by molar-refractivity contribution is -0.165. The molecule has 0 bridgehead atoms. The lowest BCUT2D eigenvalue weighted by Gasteiger charge is -2.29. The average Bonchev–Trinajstić information content (AvgIpc) is 3.04. The molecule has 20 heteroatoms. The van der Waals surface area contributed by atoms with E-state index in [4.69, 9.17) is 32.7 Å². The van der Waals surface area contributed by atoms with Crippen molar-refractivity contribution in [2.45, 2.75) is 50.0 Å². The molecule has 2 rings (SSSR count). The van der Waals surface area contributed by atoms with Crippen LogP contribution in [0.1, 0.15) is 31.0 Å². The molecule has 4 amide bonds. The Labute approximate surface area is 290 Å². The summed E-state index contributed by atoms with van der Waals surface area (Å²) in [7, 11) is 2.35. The third kappa shape index (κ3) is 10.9. The predicted molar refractivity (Wildman–Crippen MR) is 164 cm³/mol. The smallest absolute Gasteiger partial charge is 0.405 e. The fourth-order valence-corrected chi connectivity index (χ4v) is 4.58. The minimum atomic E-state index is -5.08. The largest absolute Gasteiger partial charge is 0.497 e. The van der Waals surface area contributed by atoms with Gasteiger partial charge in [-0.2, -0.15) is 30.7 Å². The molecule has 0 aliphatic carbocycles. The molecule has 2 aromatic carbocycles. The van der Waals surface area contributed by atoms with Crippen LogP contribution in [0.15, 0.2) is 42.5 Å². The maximum absolute atomic E-state index is 15.2. The Morgan fingerprint density at radius 1 is 0.800 bits per heavy atom. The number of amides is 4. The van der Waals surface area contributed by atoms with Gasteiger partial charge in [0.05, 0.1) is 30.3 Å². The second kappa shape index (κ2) is 17.2. The Kier molecular flexibility index (Phi) is 14.4. The molecule has 0 aromatic heterocycles. The van der Waals surface area contributed by atoms with E-state index < -0.39 is 95.2 Å². The maximum Gasteiger partial charge on any atom is 0.405 e. The predicted octanol–water partition coefficient (Wildman–Crippen LogP) is 4.11. The van der Waals surface area contributed by atoms with Gasteiger partial charge in [-0.1, -0.05) is 49.2 Å². The fraction of sp³-hybridized carbons (Fsp3) is 0.433. The summed E-state index contributed by atoms with van der Waals surface area (Å²) < 4.78 is 107. The van der Waals surface area contributed by atoms with E-state index in [9.17, 15) is 45.9 Å². The number of carbonyl (C=O) groups excluding carboxylic acids is 5. The van der Waals surface area contributed by atoms with Gasteiger partial charge in [-0.05, 0) is 41.8 Å². The van der Waals surface area contributed by atoms with Crippen molar-refractivity contribution >= 4 is 52.6 Å². The van der Waals surface area contributed by atoms with Crippen LogP contribution < -0.4 is 26.0 Å². The Bertz CT molecular complexity index is 1560. The lowest BCUT2D eigenvalue weighted by Crippen LogP contribution is -2.59. The number of nitrogens with one attached hydrogen (secondary N) is 4. The normalized spacial score (nSPS) is 13.9.